The highest BCUT2D eigenvalue weighted by molar-refractivity contribution is 5.99. The number of carbonyl (C=O) groups is 1. The van der Waals surface area contributed by atoms with Gasteiger partial charge in [0.2, 0.25) is 5.91 Å². The van der Waals surface area contributed by atoms with Crippen LogP contribution in [0, 0.1) is 12.8 Å². The van der Waals surface area contributed by atoms with Crippen LogP contribution in [0.15, 0.2) is 42.5 Å². The van der Waals surface area contributed by atoms with Crippen LogP contribution >= 0.6 is 0 Å². The fourth-order valence-electron chi connectivity index (χ4n) is 3.67. The number of benzene rings is 2. The Morgan fingerprint density at radius 2 is 1.83 bits per heavy atom. The van der Waals surface area contributed by atoms with Crippen LogP contribution in [-0.2, 0) is 14.9 Å². The molecule has 0 saturated carbocycles. The van der Waals surface area contributed by atoms with E-state index in [1.54, 1.807) is 7.11 Å². The number of carbonyl (C=O) groups excluding carboxylic acids is 1. The Labute approximate surface area is 173 Å². The lowest BCUT2D eigenvalue weighted by atomic mass is 9.73. The predicted octanol–water partition coefficient (Wildman–Crippen LogP) is 4.73. The minimum absolute atomic E-state index is 0.00113. The first-order valence-electron chi connectivity index (χ1n) is 10.2. The predicted molar refractivity (Wildman–Crippen MR) is 115 cm³/mol. The summed E-state index contributed by atoms with van der Waals surface area (Å²) in [6, 6.07) is 13.6. The smallest absolute Gasteiger partial charge is 0.235 e. The van der Waals surface area contributed by atoms with E-state index < -0.39 is 5.41 Å². The van der Waals surface area contributed by atoms with Gasteiger partial charge in [-0.15, -0.1) is 0 Å². The van der Waals surface area contributed by atoms with E-state index in [-0.39, 0.29) is 5.91 Å². The van der Waals surface area contributed by atoms with Crippen molar-refractivity contribution in [3.05, 3.63) is 53.6 Å². The van der Waals surface area contributed by atoms with Crippen molar-refractivity contribution < 1.29 is 19.0 Å². The second kappa shape index (κ2) is 9.31. The number of aryl methyl sites for hydroxylation is 1. The number of amides is 1. The molecule has 29 heavy (non-hydrogen) atoms. The van der Waals surface area contributed by atoms with Gasteiger partial charge in [0, 0.05) is 18.9 Å². The third kappa shape index (κ3) is 4.91. The van der Waals surface area contributed by atoms with Gasteiger partial charge in [0.25, 0.3) is 0 Å². The van der Waals surface area contributed by atoms with Gasteiger partial charge >= 0.3 is 0 Å². The number of rotatable bonds is 7. The molecule has 0 unspecified atom stereocenters. The molecule has 5 nitrogen and oxygen atoms in total. The topological polar surface area (TPSA) is 56.8 Å². The van der Waals surface area contributed by atoms with Crippen LogP contribution < -0.4 is 14.8 Å². The van der Waals surface area contributed by atoms with Gasteiger partial charge in [-0.25, -0.2) is 0 Å². The Morgan fingerprint density at radius 1 is 1.14 bits per heavy atom. The van der Waals surface area contributed by atoms with Crippen molar-refractivity contribution in [3.63, 3.8) is 0 Å². The van der Waals surface area contributed by atoms with E-state index in [0.29, 0.717) is 38.6 Å². The summed E-state index contributed by atoms with van der Waals surface area (Å²) in [5, 5.41) is 3.13. The SMILES string of the molecule is COc1ccc(C2(C(=O)Nc3ccc(OCC(C)C)c(C)c3)CCOCC2)cc1. The maximum absolute atomic E-state index is 13.4. The Hall–Kier alpha value is -2.53. The van der Waals surface area contributed by atoms with Crippen LogP contribution in [-0.4, -0.2) is 32.8 Å². The molecule has 156 valence electrons. The summed E-state index contributed by atoms with van der Waals surface area (Å²) in [4.78, 5) is 13.4. The lowest BCUT2D eigenvalue weighted by Crippen LogP contribution is -2.44. The van der Waals surface area contributed by atoms with Crippen LogP contribution in [0.4, 0.5) is 5.69 Å². The van der Waals surface area contributed by atoms with Gasteiger partial charge in [0.15, 0.2) is 0 Å². The zero-order valence-electron chi connectivity index (χ0n) is 17.8. The highest BCUT2D eigenvalue weighted by atomic mass is 16.5. The highest BCUT2D eigenvalue weighted by Gasteiger charge is 2.41. The molecule has 1 heterocycles. The molecule has 5 heteroatoms. The minimum Gasteiger partial charge on any atom is -0.497 e. The summed E-state index contributed by atoms with van der Waals surface area (Å²) in [7, 11) is 1.64. The lowest BCUT2D eigenvalue weighted by molar-refractivity contribution is -0.125. The Bertz CT molecular complexity index is 823. The minimum atomic E-state index is -0.606. The molecule has 0 spiro atoms. The normalized spacial score (nSPS) is 15.8. The fourth-order valence-corrected chi connectivity index (χ4v) is 3.67. The standard InChI is InChI=1S/C24H31NO4/c1-17(2)16-29-22-10-7-20(15-18(22)3)25-23(26)24(11-13-28-14-12-24)19-5-8-21(27-4)9-6-19/h5-10,15,17H,11-14,16H2,1-4H3,(H,25,26). The van der Waals surface area contributed by atoms with Crippen molar-refractivity contribution in [2.45, 2.75) is 39.0 Å². The zero-order chi connectivity index (χ0) is 20.9. The molecule has 1 aliphatic heterocycles. The van der Waals surface area contributed by atoms with E-state index in [4.69, 9.17) is 14.2 Å². The highest BCUT2D eigenvalue weighted by Crippen LogP contribution is 2.37. The molecule has 1 amide bonds. The molecule has 0 aliphatic carbocycles. The second-order valence-corrected chi connectivity index (χ2v) is 8.06. The average Bonchev–Trinajstić information content (AvgIpc) is 2.73. The fraction of sp³-hybridized carbons (Fsp3) is 0.458. The molecule has 1 aliphatic rings. The second-order valence-electron chi connectivity index (χ2n) is 8.06. The third-order valence-corrected chi connectivity index (χ3v) is 5.43. The van der Waals surface area contributed by atoms with Crippen LogP contribution in [0.3, 0.4) is 0 Å². The molecule has 0 atom stereocenters. The first-order chi connectivity index (χ1) is 13.9. The molecule has 0 radical (unpaired) electrons. The van der Waals surface area contributed by atoms with E-state index in [1.807, 2.05) is 49.4 Å². The Morgan fingerprint density at radius 3 is 2.41 bits per heavy atom. The van der Waals surface area contributed by atoms with Crippen LogP contribution in [0.2, 0.25) is 0 Å². The van der Waals surface area contributed by atoms with Crippen LogP contribution in [0.25, 0.3) is 0 Å². The van der Waals surface area contributed by atoms with Gasteiger partial charge in [-0.2, -0.15) is 0 Å². The van der Waals surface area contributed by atoms with E-state index >= 15 is 0 Å². The molecule has 1 saturated heterocycles. The Balaban J connectivity index is 1.81. The van der Waals surface area contributed by atoms with E-state index in [1.165, 1.54) is 0 Å². The molecule has 3 rings (SSSR count). The van der Waals surface area contributed by atoms with Gasteiger partial charge in [-0.1, -0.05) is 26.0 Å². The molecular weight excluding hydrogens is 366 g/mol. The van der Waals surface area contributed by atoms with Crippen molar-refractivity contribution in [3.8, 4) is 11.5 Å². The Kier molecular flexibility index (Phi) is 6.80. The summed E-state index contributed by atoms with van der Waals surface area (Å²) >= 11 is 0. The summed E-state index contributed by atoms with van der Waals surface area (Å²) < 4.78 is 16.7. The van der Waals surface area contributed by atoms with E-state index in [0.717, 1.165) is 28.3 Å². The molecule has 1 N–H and O–H groups in total. The molecular formula is C24H31NO4. The van der Waals surface area contributed by atoms with Gasteiger partial charge in [0.1, 0.15) is 11.5 Å². The number of hydrogen-bond donors (Lipinski definition) is 1. The van der Waals surface area contributed by atoms with Crippen LogP contribution in [0.5, 0.6) is 11.5 Å². The first-order valence-corrected chi connectivity index (χ1v) is 10.2. The quantitative estimate of drug-likeness (QED) is 0.734. The largest absolute Gasteiger partial charge is 0.497 e. The van der Waals surface area contributed by atoms with Gasteiger partial charge in [0.05, 0.1) is 19.1 Å². The number of anilines is 1. The van der Waals surface area contributed by atoms with Crippen molar-refractivity contribution in [1.29, 1.82) is 0 Å². The summed E-state index contributed by atoms with van der Waals surface area (Å²) in [5.74, 6) is 2.10. The van der Waals surface area contributed by atoms with Gasteiger partial charge in [-0.3, -0.25) is 4.79 Å². The van der Waals surface area contributed by atoms with E-state index in [9.17, 15) is 4.79 Å². The van der Waals surface area contributed by atoms with E-state index in [2.05, 4.69) is 19.2 Å². The number of ether oxygens (including phenoxy) is 3. The van der Waals surface area contributed by atoms with Crippen molar-refractivity contribution in [2.75, 3.05) is 32.2 Å². The monoisotopic (exact) mass is 397 g/mol. The number of nitrogens with one attached hydrogen (secondary N) is 1. The van der Waals surface area contributed by atoms with Crippen LogP contribution in [0.1, 0.15) is 37.8 Å². The van der Waals surface area contributed by atoms with Crippen molar-refractivity contribution in [1.82, 2.24) is 0 Å². The molecule has 0 bridgehead atoms. The van der Waals surface area contributed by atoms with Gasteiger partial charge in [-0.05, 0) is 67.1 Å². The molecule has 2 aromatic carbocycles. The third-order valence-electron chi connectivity index (χ3n) is 5.43. The number of hydrogen-bond acceptors (Lipinski definition) is 4. The average molecular weight is 398 g/mol. The molecule has 0 aromatic heterocycles. The summed E-state index contributed by atoms with van der Waals surface area (Å²) in [6.45, 7) is 8.06. The summed E-state index contributed by atoms with van der Waals surface area (Å²) in [6.07, 6.45) is 1.31. The lowest BCUT2D eigenvalue weighted by Gasteiger charge is -2.36. The molecule has 1 fully saturated rings. The zero-order valence-corrected chi connectivity index (χ0v) is 17.8. The summed E-state index contributed by atoms with van der Waals surface area (Å²) in [5.41, 5.74) is 2.18. The van der Waals surface area contributed by atoms with Gasteiger partial charge < -0.3 is 19.5 Å². The number of methoxy groups -OCH3 is 1. The van der Waals surface area contributed by atoms with Crippen molar-refractivity contribution in [2.24, 2.45) is 5.92 Å². The maximum Gasteiger partial charge on any atom is 0.235 e. The van der Waals surface area contributed by atoms with Crippen molar-refractivity contribution >= 4 is 11.6 Å². The maximum atomic E-state index is 13.4. The molecule has 2 aromatic rings. The first kappa shape index (κ1) is 21.2.